The molecule has 0 amide bonds. The van der Waals surface area contributed by atoms with Gasteiger partial charge in [0, 0.05) is 16.9 Å². The van der Waals surface area contributed by atoms with Gasteiger partial charge in [0.15, 0.2) is 0 Å². The average molecular weight is 676 g/mol. The first-order chi connectivity index (χ1) is 26.3. The van der Waals surface area contributed by atoms with E-state index in [1.165, 1.54) is 66.4 Å². The van der Waals surface area contributed by atoms with Crippen LogP contribution in [0.5, 0.6) is 0 Å². The van der Waals surface area contributed by atoms with Gasteiger partial charge in [0.1, 0.15) is 0 Å². The lowest BCUT2D eigenvalue weighted by molar-refractivity contribution is 1.28. The van der Waals surface area contributed by atoms with Gasteiger partial charge in [-0.05, 0) is 91.2 Å². The van der Waals surface area contributed by atoms with Crippen LogP contribution in [0.1, 0.15) is 0 Å². The van der Waals surface area contributed by atoms with Gasteiger partial charge < -0.3 is 4.90 Å². The first-order valence-corrected chi connectivity index (χ1v) is 18.2. The molecule has 9 rings (SSSR count). The van der Waals surface area contributed by atoms with Gasteiger partial charge in [-0.2, -0.15) is 0 Å². The summed E-state index contributed by atoms with van der Waals surface area (Å²) < 4.78 is 0. The highest BCUT2D eigenvalue weighted by Gasteiger charge is 2.23. The molecular weight excluding hydrogens is 639 g/mol. The largest absolute Gasteiger partial charge is 0.310 e. The molecule has 0 saturated heterocycles. The number of nitrogens with zero attached hydrogens (tertiary/aromatic N) is 1. The van der Waals surface area contributed by atoms with Crippen LogP contribution in [-0.4, -0.2) is 0 Å². The lowest BCUT2D eigenvalue weighted by Crippen LogP contribution is -2.12. The van der Waals surface area contributed by atoms with Gasteiger partial charge in [-0.25, -0.2) is 0 Å². The predicted molar refractivity (Wildman–Crippen MR) is 226 cm³/mol. The van der Waals surface area contributed by atoms with Crippen LogP contribution in [0.2, 0.25) is 0 Å². The molecule has 0 N–H and O–H groups in total. The number of rotatable bonds is 8. The van der Waals surface area contributed by atoms with E-state index >= 15 is 0 Å². The summed E-state index contributed by atoms with van der Waals surface area (Å²) in [6.07, 6.45) is 0. The summed E-state index contributed by atoms with van der Waals surface area (Å²) in [5.74, 6) is 0. The Labute approximate surface area is 311 Å². The number of fused-ring (bicyclic) bond motifs is 1. The molecule has 0 radical (unpaired) electrons. The summed E-state index contributed by atoms with van der Waals surface area (Å²) in [5.41, 5.74) is 15.2. The van der Waals surface area contributed by atoms with Gasteiger partial charge in [-0.3, -0.25) is 0 Å². The molecule has 0 atom stereocenters. The number of anilines is 3. The van der Waals surface area contributed by atoms with Crippen molar-refractivity contribution in [3.8, 4) is 55.6 Å². The van der Waals surface area contributed by atoms with E-state index in [1.54, 1.807) is 0 Å². The Bertz CT molecular complexity index is 2540. The summed E-state index contributed by atoms with van der Waals surface area (Å²) in [4.78, 5) is 2.43. The Hall–Kier alpha value is -6.96. The first kappa shape index (κ1) is 32.0. The van der Waals surface area contributed by atoms with Crippen molar-refractivity contribution in [2.24, 2.45) is 0 Å². The molecule has 53 heavy (non-hydrogen) atoms. The molecule has 1 heteroatoms. The zero-order valence-electron chi connectivity index (χ0n) is 29.3. The van der Waals surface area contributed by atoms with Crippen molar-refractivity contribution in [3.63, 3.8) is 0 Å². The normalized spacial score (nSPS) is 11.0. The molecule has 0 fully saturated rings. The van der Waals surface area contributed by atoms with Gasteiger partial charge in [-0.1, -0.05) is 194 Å². The summed E-state index contributed by atoms with van der Waals surface area (Å²) in [6.45, 7) is 0. The molecule has 0 aliphatic rings. The second kappa shape index (κ2) is 14.3. The van der Waals surface area contributed by atoms with Gasteiger partial charge in [0.2, 0.25) is 0 Å². The van der Waals surface area contributed by atoms with Crippen LogP contribution in [-0.2, 0) is 0 Å². The smallest absolute Gasteiger partial charge is 0.0546 e. The van der Waals surface area contributed by atoms with Crippen molar-refractivity contribution in [1.29, 1.82) is 0 Å². The summed E-state index contributed by atoms with van der Waals surface area (Å²) in [6, 6.07) is 80.9. The summed E-state index contributed by atoms with van der Waals surface area (Å²) in [5, 5.41) is 2.46. The molecule has 0 bridgehead atoms. The fourth-order valence-electron chi connectivity index (χ4n) is 7.56. The van der Waals surface area contributed by atoms with Crippen LogP contribution in [0.3, 0.4) is 0 Å². The van der Waals surface area contributed by atoms with Crippen molar-refractivity contribution in [1.82, 2.24) is 0 Å². The zero-order valence-corrected chi connectivity index (χ0v) is 29.3. The maximum Gasteiger partial charge on any atom is 0.0546 e. The van der Waals surface area contributed by atoms with Gasteiger partial charge >= 0.3 is 0 Å². The molecule has 1 nitrogen and oxygen atoms in total. The minimum Gasteiger partial charge on any atom is -0.310 e. The molecule has 0 heterocycles. The van der Waals surface area contributed by atoms with E-state index in [0.29, 0.717) is 0 Å². The topological polar surface area (TPSA) is 3.24 Å². The molecule has 9 aromatic carbocycles. The Kier molecular flexibility index (Phi) is 8.66. The van der Waals surface area contributed by atoms with Gasteiger partial charge in [0.25, 0.3) is 0 Å². The van der Waals surface area contributed by atoms with E-state index in [-0.39, 0.29) is 0 Å². The maximum atomic E-state index is 2.43. The highest BCUT2D eigenvalue weighted by atomic mass is 15.1. The van der Waals surface area contributed by atoms with Crippen molar-refractivity contribution >= 4 is 27.8 Å². The molecule has 0 saturated carbocycles. The first-order valence-electron chi connectivity index (χ1n) is 18.2. The fraction of sp³-hybridized carbons (Fsp3) is 0. The second-order valence-corrected chi connectivity index (χ2v) is 13.3. The molecule has 0 aliphatic heterocycles. The van der Waals surface area contributed by atoms with Crippen LogP contribution in [0.4, 0.5) is 17.1 Å². The second-order valence-electron chi connectivity index (χ2n) is 13.3. The Morgan fingerprint density at radius 1 is 0.245 bits per heavy atom. The lowest BCUT2D eigenvalue weighted by atomic mass is 9.86. The predicted octanol–water partition coefficient (Wildman–Crippen LogP) is 14.6. The third-order valence-electron chi connectivity index (χ3n) is 10.1. The lowest BCUT2D eigenvalue weighted by Gasteiger charge is -2.30. The van der Waals surface area contributed by atoms with E-state index in [2.05, 4.69) is 229 Å². The summed E-state index contributed by atoms with van der Waals surface area (Å²) >= 11 is 0. The van der Waals surface area contributed by atoms with Crippen molar-refractivity contribution in [2.75, 3.05) is 4.90 Å². The van der Waals surface area contributed by atoms with Crippen LogP contribution in [0.25, 0.3) is 66.4 Å². The molecule has 0 aliphatic carbocycles. The Morgan fingerprint density at radius 2 is 0.660 bits per heavy atom. The molecule has 0 aromatic heterocycles. The Morgan fingerprint density at radius 3 is 1.26 bits per heavy atom. The molecule has 250 valence electrons. The number of hydrogen-bond acceptors (Lipinski definition) is 1. The monoisotopic (exact) mass is 675 g/mol. The van der Waals surface area contributed by atoms with Crippen molar-refractivity contribution in [3.05, 3.63) is 224 Å². The van der Waals surface area contributed by atoms with Crippen LogP contribution in [0, 0.1) is 0 Å². The highest BCUT2D eigenvalue weighted by Crippen LogP contribution is 2.49. The third-order valence-corrected chi connectivity index (χ3v) is 10.1. The van der Waals surface area contributed by atoms with E-state index in [1.807, 2.05) is 0 Å². The minimum absolute atomic E-state index is 1.09. The highest BCUT2D eigenvalue weighted by molar-refractivity contribution is 6.06. The van der Waals surface area contributed by atoms with Gasteiger partial charge in [-0.15, -0.1) is 0 Å². The Balaban J connectivity index is 1.32. The number of hydrogen-bond donors (Lipinski definition) is 0. The molecule has 0 spiro atoms. The molecular formula is C52H37N. The van der Waals surface area contributed by atoms with E-state index < -0.39 is 0 Å². The number of benzene rings is 9. The quantitative estimate of drug-likeness (QED) is 0.155. The van der Waals surface area contributed by atoms with Crippen LogP contribution >= 0.6 is 0 Å². The third kappa shape index (κ3) is 6.30. The van der Waals surface area contributed by atoms with Gasteiger partial charge in [0.05, 0.1) is 5.69 Å². The minimum atomic E-state index is 1.09. The molecule has 9 aromatic rings. The SMILES string of the molecule is c1ccc(-c2ccc(N(c3ccc(-c4ccccc4)cc3)c3cccc(-c4cccc5ccccc45)c3-c3ccccc3-c3ccccc3)cc2)cc1. The van der Waals surface area contributed by atoms with Crippen molar-refractivity contribution < 1.29 is 0 Å². The van der Waals surface area contributed by atoms with Crippen molar-refractivity contribution in [2.45, 2.75) is 0 Å². The summed E-state index contributed by atoms with van der Waals surface area (Å²) in [7, 11) is 0. The maximum absolute atomic E-state index is 2.43. The van der Waals surface area contributed by atoms with E-state index in [4.69, 9.17) is 0 Å². The van der Waals surface area contributed by atoms with Crippen LogP contribution < -0.4 is 4.90 Å². The molecule has 0 unspecified atom stereocenters. The zero-order chi connectivity index (χ0) is 35.4. The van der Waals surface area contributed by atoms with E-state index in [0.717, 1.165) is 17.1 Å². The van der Waals surface area contributed by atoms with E-state index in [9.17, 15) is 0 Å². The fourth-order valence-corrected chi connectivity index (χ4v) is 7.56. The standard InChI is InChI=1S/C52H37N/c1-4-16-38(17-5-1)40-30-34-44(35-31-40)53(45-36-32-41(33-37-45)39-18-6-2-7-19-39)51-29-15-28-50(48-27-14-23-43-22-10-11-24-46(43)48)52(51)49-26-13-12-25-47(49)42-20-8-3-9-21-42/h1-37H. The van der Waals surface area contributed by atoms with Crippen LogP contribution in [0.15, 0.2) is 224 Å². The average Bonchev–Trinajstić information content (AvgIpc) is 3.25.